The monoisotopic (exact) mass is 639 g/mol. The molecule has 0 fully saturated rings. The Morgan fingerprint density at radius 3 is 2.02 bits per heavy atom. The Balaban J connectivity index is 1.13. The van der Waals surface area contributed by atoms with Crippen molar-refractivity contribution in [2.45, 2.75) is 26.2 Å². The van der Waals surface area contributed by atoms with E-state index in [1.54, 1.807) is 0 Å². The van der Waals surface area contributed by atoms with Gasteiger partial charge in [0, 0.05) is 82.3 Å². The van der Waals surface area contributed by atoms with E-state index in [0.29, 0.717) is 0 Å². The maximum atomic E-state index is 6.75. The Morgan fingerprint density at radius 1 is 0.571 bits per heavy atom. The predicted octanol–water partition coefficient (Wildman–Crippen LogP) is 10.7. The van der Waals surface area contributed by atoms with E-state index in [1.807, 2.05) is 12.3 Å². The number of aryl methyl sites for hydroxylation is 1. The fourth-order valence-corrected chi connectivity index (χ4v) is 7.18. The molecular formula is C43H37N5O. The summed E-state index contributed by atoms with van der Waals surface area (Å²) in [6.45, 7) is 7.47. The van der Waals surface area contributed by atoms with Crippen molar-refractivity contribution >= 4 is 55.0 Å². The first-order chi connectivity index (χ1) is 23.8. The number of benzene rings is 5. The normalized spacial score (nSPS) is 13.5. The minimum atomic E-state index is -0.0564. The summed E-state index contributed by atoms with van der Waals surface area (Å²) in [5.41, 5.74) is 7.94. The standard InChI is InChI=1S/C43H37N5O/c1-43(2,3)29-22-31(47-21-20-46(28-47)30-12-6-5-7-13-30)24-33(23-29)49-32-18-19-36-34-14-9-11-17-39(34)48(41(36)25-32)42-26-40-37(27-44-42)35-15-8-10-16-38(35)45(40)4/h5-27H,28H2,1-4H3. The number of anilines is 2. The lowest BCUT2D eigenvalue weighted by Gasteiger charge is -2.25. The largest absolute Gasteiger partial charge is 0.457 e. The number of pyridine rings is 1. The van der Waals surface area contributed by atoms with E-state index < -0.39 is 0 Å². The molecule has 1 aliphatic rings. The molecule has 0 bridgehead atoms. The number of rotatable bonds is 5. The van der Waals surface area contributed by atoms with Crippen molar-refractivity contribution in [1.29, 1.82) is 0 Å². The molecule has 8 aromatic rings. The Hall–Kier alpha value is -6.01. The number of hydrogen-bond acceptors (Lipinski definition) is 4. The lowest BCUT2D eigenvalue weighted by molar-refractivity contribution is 0.479. The topological polar surface area (TPSA) is 38.5 Å². The van der Waals surface area contributed by atoms with Crippen molar-refractivity contribution in [2.75, 3.05) is 16.5 Å². The van der Waals surface area contributed by atoms with Gasteiger partial charge in [-0.2, -0.15) is 0 Å². The van der Waals surface area contributed by atoms with Crippen molar-refractivity contribution in [3.8, 4) is 17.3 Å². The first kappa shape index (κ1) is 29.2. The Kier molecular flexibility index (Phi) is 6.56. The summed E-state index contributed by atoms with van der Waals surface area (Å²) in [5.74, 6) is 2.47. The Labute approximate surface area is 285 Å². The third-order valence-electron chi connectivity index (χ3n) is 9.80. The van der Waals surface area contributed by atoms with Crippen molar-refractivity contribution < 1.29 is 4.74 Å². The zero-order chi connectivity index (χ0) is 33.3. The van der Waals surface area contributed by atoms with Gasteiger partial charge in [-0.3, -0.25) is 4.57 Å². The van der Waals surface area contributed by atoms with Crippen LogP contribution in [0.25, 0.3) is 49.4 Å². The molecule has 0 unspecified atom stereocenters. The molecule has 4 heterocycles. The first-order valence-electron chi connectivity index (χ1n) is 16.8. The molecule has 0 spiro atoms. The maximum Gasteiger partial charge on any atom is 0.139 e. The number of hydrogen-bond donors (Lipinski definition) is 0. The van der Waals surface area contributed by atoms with Crippen LogP contribution in [0.4, 0.5) is 11.4 Å². The lowest BCUT2D eigenvalue weighted by Crippen LogP contribution is -2.25. The van der Waals surface area contributed by atoms with Crippen molar-refractivity contribution in [1.82, 2.24) is 14.1 Å². The minimum absolute atomic E-state index is 0.0564. The third kappa shape index (κ3) is 4.91. The number of aromatic nitrogens is 3. The molecule has 1 aliphatic heterocycles. The first-order valence-corrected chi connectivity index (χ1v) is 16.8. The second-order valence-corrected chi connectivity index (χ2v) is 13.9. The van der Waals surface area contributed by atoms with Crippen LogP contribution in [0.15, 0.2) is 140 Å². The molecule has 0 saturated carbocycles. The molecular weight excluding hydrogens is 603 g/mol. The average Bonchev–Trinajstić information content (AvgIpc) is 3.82. The van der Waals surface area contributed by atoms with Gasteiger partial charge in [-0.1, -0.05) is 75.4 Å². The summed E-state index contributed by atoms with van der Waals surface area (Å²) in [7, 11) is 2.13. The number of ether oxygens (including phenoxy) is 1. The van der Waals surface area contributed by atoms with Crippen LogP contribution in [0.5, 0.6) is 11.5 Å². The van der Waals surface area contributed by atoms with E-state index >= 15 is 0 Å². The molecule has 0 N–H and O–H groups in total. The van der Waals surface area contributed by atoms with Gasteiger partial charge in [0.25, 0.3) is 0 Å². The minimum Gasteiger partial charge on any atom is -0.457 e. The molecule has 0 amide bonds. The summed E-state index contributed by atoms with van der Waals surface area (Å²) in [4.78, 5) is 9.56. The third-order valence-corrected chi connectivity index (χ3v) is 9.80. The molecule has 49 heavy (non-hydrogen) atoms. The highest BCUT2D eigenvalue weighted by Crippen LogP contribution is 2.39. The summed E-state index contributed by atoms with van der Waals surface area (Å²) in [6.07, 6.45) is 6.29. The van der Waals surface area contributed by atoms with Crippen LogP contribution in [-0.2, 0) is 12.5 Å². The second-order valence-electron chi connectivity index (χ2n) is 13.9. The van der Waals surface area contributed by atoms with Gasteiger partial charge in [0.2, 0.25) is 0 Å². The van der Waals surface area contributed by atoms with Crippen LogP contribution in [-0.4, -0.2) is 20.8 Å². The molecule has 6 heteroatoms. The van der Waals surface area contributed by atoms with Crippen LogP contribution in [0.3, 0.4) is 0 Å². The highest BCUT2D eigenvalue weighted by atomic mass is 16.5. The Morgan fingerprint density at radius 2 is 1.24 bits per heavy atom. The average molecular weight is 640 g/mol. The van der Waals surface area contributed by atoms with Gasteiger partial charge in [0.05, 0.1) is 23.2 Å². The SMILES string of the molecule is Cn1c2ccccc2c2cnc(-n3c4ccccc4c4ccc(Oc5cc(N6C=CN(c7ccccc7)C6)cc(C(C)(C)C)c5)cc43)cc21. The number of fused-ring (bicyclic) bond motifs is 6. The van der Waals surface area contributed by atoms with Crippen molar-refractivity contribution in [3.63, 3.8) is 0 Å². The molecule has 3 aromatic heterocycles. The van der Waals surface area contributed by atoms with Crippen molar-refractivity contribution in [3.05, 3.63) is 145 Å². The van der Waals surface area contributed by atoms with Crippen LogP contribution >= 0.6 is 0 Å². The number of nitrogens with zero attached hydrogens (tertiary/aromatic N) is 5. The van der Waals surface area contributed by atoms with E-state index in [2.05, 4.69) is 174 Å². The molecule has 0 atom stereocenters. The summed E-state index contributed by atoms with van der Waals surface area (Å²) in [5, 5.41) is 4.71. The van der Waals surface area contributed by atoms with Crippen LogP contribution in [0.1, 0.15) is 26.3 Å². The van der Waals surface area contributed by atoms with Gasteiger partial charge >= 0.3 is 0 Å². The quantitative estimate of drug-likeness (QED) is 0.188. The van der Waals surface area contributed by atoms with E-state index in [1.165, 1.54) is 27.5 Å². The Bertz CT molecular complexity index is 2570. The smallest absolute Gasteiger partial charge is 0.139 e. The summed E-state index contributed by atoms with van der Waals surface area (Å²) >= 11 is 0. The van der Waals surface area contributed by atoms with Crippen molar-refractivity contribution in [2.24, 2.45) is 7.05 Å². The highest BCUT2D eigenvalue weighted by Gasteiger charge is 2.22. The van der Waals surface area contributed by atoms with Gasteiger partial charge in [0.1, 0.15) is 17.3 Å². The molecule has 6 nitrogen and oxygen atoms in total. The number of para-hydroxylation sites is 3. The molecule has 0 saturated heterocycles. The summed E-state index contributed by atoms with van der Waals surface area (Å²) in [6, 6.07) is 42.7. The zero-order valence-corrected chi connectivity index (χ0v) is 28.1. The van der Waals surface area contributed by atoms with Crippen LogP contribution in [0, 0.1) is 0 Å². The van der Waals surface area contributed by atoms with E-state index in [-0.39, 0.29) is 5.41 Å². The van der Waals surface area contributed by atoms with Gasteiger partial charge in [-0.15, -0.1) is 0 Å². The molecule has 5 aromatic carbocycles. The van der Waals surface area contributed by atoms with E-state index in [9.17, 15) is 0 Å². The van der Waals surface area contributed by atoms with Crippen LogP contribution in [0.2, 0.25) is 0 Å². The zero-order valence-electron chi connectivity index (χ0n) is 28.1. The van der Waals surface area contributed by atoms with Gasteiger partial charge in [0.15, 0.2) is 0 Å². The predicted molar refractivity (Wildman–Crippen MR) is 203 cm³/mol. The second kappa shape index (κ2) is 11.0. The van der Waals surface area contributed by atoms with Gasteiger partial charge in [-0.05, 0) is 59.5 Å². The van der Waals surface area contributed by atoms with Gasteiger partial charge < -0.3 is 19.1 Å². The molecule has 240 valence electrons. The summed E-state index contributed by atoms with van der Waals surface area (Å²) < 4.78 is 11.3. The van der Waals surface area contributed by atoms with Crippen LogP contribution < -0.4 is 14.5 Å². The van der Waals surface area contributed by atoms with Gasteiger partial charge in [-0.25, -0.2) is 4.98 Å². The van der Waals surface area contributed by atoms with E-state index in [0.717, 1.165) is 57.0 Å². The fourth-order valence-electron chi connectivity index (χ4n) is 7.18. The maximum absolute atomic E-state index is 6.75. The molecule has 9 rings (SSSR count). The molecule has 0 aliphatic carbocycles. The fraction of sp³-hybridized carbons (Fsp3) is 0.140. The lowest BCUT2D eigenvalue weighted by atomic mass is 9.86. The molecule has 0 radical (unpaired) electrons. The highest BCUT2D eigenvalue weighted by molar-refractivity contribution is 6.11. The van der Waals surface area contributed by atoms with E-state index in [4.69, 9.17) is 9.72 Å².